The van der Waals surface area contributed by atoms with Crippen molar-refractivity contribution in [3.63, 3.8) is 0 Å². The van der Waals surface area contributed by atoms with Crippen LogP contribution < -0.4 is 66.3 Å². The molecule has 8 heteroatoms. The van der Waals surface area contributed by atoms with Crippen LogP contribution >= 0.6 is 0 Å². The van der Waals surface area contributed by atoms with Gasteiger partial charge in [0.1, 0.15) is 0 Å². The summed E-state index contributed by atoms with van der Waals surface area (Å²) < 4.78 is 0. The second kappa shape index (κ2) is 23.7. The SMILES string of the molecule is N[B-](C#Cc1cccc2c1C1c3c(C#C[B-](N)(c4ccccc4)c4ccccc4)cccc3C2C2c3cccc(C#C[B-](N)(c4ccccc4)c4ccccc4)c3C1c1c(C#C[B-](N)(c3ccccc3)c3ccccc3)cccc12)(c1ccccc1)c1ccccc1. The molecule has 12 aromatic rings. The van der Waals surface area contributed by atoms with Crippen LogP contribution in [0.15, 0.2) is 315 Å². The lowest BCUT2D eigenvalue weighted by atomic mass is 9.29. The zero-order valence-corrected chi connectivity index (χ0v) is 51.0. The molecular formula is C84H64B4N4-4. The van der Waals surface area contributed by atoms with Gasteiger partial charge in [-0.3, -0.25) is 23.3 Å². The Hall–Kier alpha value is -11.0. The van der Waals surface area contributed by atoms with Crippen LogP contribution in [-0.4, -0.2) is 25.1 Å². The molecule has 4 nitrogen and oxygen atoms in total. The van der Waals surface area contributed by atoms with Gasteiger partial charge in [-0.25, -0.2) is 0 Å². The van der Waals surface area contributed by atoms with Crippen LogP contribution in [0.2, 0.25) is 0 Å². The van der Waals surface area contributed by atoms with Gasteiger partial charge in [0.15, 0.2) is 25.1 Å². The van der Waals surface area contributed by atoms with Crippen LogP contribution in [0.25, 0.3) is 0 Å². The first-order chi connectivity index (χ1) is 45.2. The van der Waals surface area contributed by atoms with Gasteiger partial charge in [0.05, 0.1) is 0 Å². The molecule has 0 aliphatic heterocycles. The maximum atomic E-state index is 7.82. The minimum absolute atomic E-state index is 0.240. The summed E-state index contributed by atoms with van der Waals surface area (Å²) in [5.74, 6) is 29.6. The summed E-state index contributed by atoms with van der Waals surface area (Å²) in [7, 11) is 0. The van der Waals surface area contributed by atoms with E-state index in [0.717, 1.165) is 88.2 Å². The first-order valence-corrected chi connectivity index (χ1v) is 32.0. The van der Waals surface area contributed by atoms with E-state index in [2.05, 4.69) is 217 Å². The number of nitrogens with two attached hydrogens (primary N) is 4. The molecule has 436 valence electrons. The van der Waals surface area contributed by atoms with Gasteiger partial charge in [0.25, 0.3) is 0 Å². The van der Waals surface area contributed by atoms with Crippen molar-refractivity contribution in [2.45, 2.75) is 23.7 Å². The summed E-state index contributed by atoms with van der Waals surface area (Å²) in [6.45, 7) is 0. The normalized spacial score (nSPS) is 15.7. The zero-order valence-electron chi connectivity index (χ0n) is 51.0. The minimum Gasteiger partial charge on any atom is -0.484 e. The van der Waals surface area contributed by atoms with Crippen LogP contribution in [0, 0.1) is 47.0 Å². The number of rotatable bonds is 8. The average Bonchev–Trinajstić information content (AvgIpc) is 0.684. The zero-order chi connectivity index (χ0) is 62.3. The predicted octanol–water partition coefficient (Wildman–Crippen LogP) is 8.99. The van der Waals surface area contributed by atoms with Crippen molar-refractivity contribution >= 4 is 68.8 Å². The summed E-state index contributed by atoms with van der Waals surface area (Å²) in [5, 5.41) is 0. The Bertz CT molecular complexity index is 4230. The first kappa shape index (κ1) is 57.4. The van der Waals surface area contributed by atoms with Crippen molar-refractivity contribution in [2.24, 2.45) is 22.6 Å². The summed E-state index contributed by atoms with van der Waals surface area (Å²) >= 11 is 0. The number of hydrogen-bond acceptors (Lipinski definition) is 4. The van der Waals surface area contributed by atoms with E-state index in [-0.39, 0.29) is 11.8 Å². The van der Waals surface area contributed by atoms with Crippen molar-refractivity contribution in [1.29, 1.82) is 0 Å². The van der Waals surface area contributed by atoms with Gasteiger partial charge in [0, 0.05) is 45.9 Å². The Morgan fingerprint density at radius 1 is 0.185 bits per heavy atom. The number of hydrogen-bond donors (Lipinski definition) is 4. The van der Waals surface area contributed by atoms with E-state index in [1.165, 1.54) is 22.3 Å². The van der Waals surface area contributed by atoms with Crippen LogP contribution in [0.5, 0.6) is 0 Å². The quantitative estimate of drug-likeness (QED) is 0.0902. The number of benzene rings is 12. The van der Waals surface area contributed by atoms with E-state index < -0.39 is 37.0 Å². The van der Waals surface area contributed by atoms with Gasteiger partial charge in [-0.05, 0) is 68.8 Å². The van der Waals surface area contributed by atoms with Crippen molar-refractivity contribution in [1.82, 2.24) is 0 Å². The Balaban J connectivity index is 1.05. The first-order valence-electron chi connectivity index (χ1n) is 32.0. The van der Waals surface area contributed by atoms with Crippen LogP contribution in [-0.2, 0) is 0 Å². The highest BCUT2D eigenvalue weighted by atomic mass is 14.6. The van der Waals surface area contributed by atoms with E-state index in [1.54, 1.807) is 0 Å². The van der Waals surface area contributed by atoms with Crippen LogP contribution in [0.4, 0.5) is 0 Å². The fourth-order valence-corrected chi connectivity index (χ4v) is 15.5. The predicted molar refractivity (Wildman–Crippen MR) is 389 cm³/mol. The summed E-state index contributed by atoms with van der Waals surface area (Å²) in [6, 6.07) is 109. The molecule has 0 fully saturated rings. The molecule has 6 aliphatic carbocycles. The average molecular weight is 1170 g/mol. The lowest BCUT2D eigenvalue weighted by Crippen LogP contribution is -2.65. The van der Waals surface area contributed by atoms with Gasteiger partial charge in [-0.15, -0.1) is 23.7 Å². The lowest BCUT2D eigenvalue weighted by molar-refractivity contribution is 0.526. The monoisotopic (exact) mass is 1170 g/mol. The molecule has 0 saturated carbocycles. The maximum absolute atomic E-state index is 7.82. The second-order valence-corrected chi connectivity index (χ2v) is 25.2. The molecular weight excluding hydrogens is 1110 g/mol. The minimum atomic E-state index is -2.10. The van der Waals surface area contributed by atoms with Gasteiger partial charge < -0.3 is 22.6 Å². The standard InChI is InChI=1S/C84H64B4N4/c89-85(65-33-9-1-10-34-65,66-35-11-2-12-36-66)57-53-61-29-25-49-73-77(61)83-78-62(54-58-86(90,67-37-13-3-14-38-67)68-39-15-4-16-40-68)30-26-50-74(78)81(73)82-75-51-27-31-63(55-59-87(91,69-41-17-5-18-42-69)70-43-19-6-20-44-70)79(75)84(83)80-64(32-28-52-76(80)82)56-60-88(92,71-45-21-7-22-46-71)72-47-23-8-24-48-72/h1-52,81-84H,89-92H2/q-4. The van der Waals surface area contributed by atoms with Gasteiger partial charge >= 0.3 is 0 Å². The smallest absolute Gasteiger partial charge is 0.183 e. The molecule has 12 aromatic carbocycles. The molecule has 0 heterocycles. The second-order valence-electron chi connectivity index (χ2n) is 25.2. The van der Waals surface area contributed by atoms with E-state index in [4.69, 9.17) is 22.6 Å². The van der Waals surface area contributed by atoms with E-state index in [0.29, 0.717) is 0 Å². The summed E-state index contributed by atoms with van der Waals surface area (Å²) in [6.07, 6.45) is -8.39. The molecule has 4 bridgehead atoms. The molecule has 18 rings (SSSR count). The van der Waals surface area contributed by atoms with E-state index >= 15 is 0 Å². The molecule has 0 amide bonds. The summed E-state index contributed by atoms with van der Waals surface area (Å²) in [5.41, 5.74) is 51.9. The highest BCUT2D eigenvalue weighted by Gasteiger charge is 2.52. The fraction of sp³-hybridized carbons (Fsp3) is 0.0476. The third-order valence-electron chi connectivity index (χ3n) is 20.2. The largest absolute Gasteiger partial charge is 0.484 e. The van der Waals surface area contributed by atoms with Crippen molar-refractivity contribution in [2.75, 3.05) is 0 Å². The maximum Gasteiger partial charge on any atom is 0.183 e. The molecule has 8 N–H and O–H groups in total. The van der Waals surface area contributed by atoms with Gasteiger partial charge in [0.2, 0.25) is 0 Å². The lowest BCUT2D eigenvalue weighted by Gasteiger charge is -2.51. The molecule has 0 radical (unpaired) electrons. The Morgan fingerprint density at radius 2 is 0.348 bits per heavy atom. The molecule has 0 unspecified atom stereocenters. The van der Waals surface area contributed by atoms with Gasteiger partial charge in [-0.2, -0.15) is 43.7 Å². The Morgan fingerprint density at radius 3 is 0.511 bits per heavy atom. The molecule has 0 spiro atoms. The van der Waals surface area contributed by atoms with Crippen molar-refractivity contribution in [3.8, 4) is 47.0 Å². The van der Waals surface area contributed by atoms with Gasteiger partial charge in [-0.1, -0.05) is 291 Å². The topological polar surface area (TPSA) is 104 Å². The van der Waals surface area contributed by atoms with Crippen molar-refractivity contribution in [3.05, 3.63) is 382 Å². The molecule has 0 aromatic heterocycles. The van der Waals surface area contributed by atoms with Crippen LogP contribution in [0.1, 0.15) is 90.4 Å². The molecule has 0 atom stereocenters. The van der Waals surface area contributed by atoms with E-state index in [9.17, 15) is 0 Å². The Labute approximate surface area is 541 Å². The summed E-state index contributed by atoms with van der Waals surface area (Å²) in [4.78, 5) is 0. The fourth-order valence-electron chi connectivity index (χ4n) is 15.5. The molecule has 6 aliphatic rings. The Kier molecular flexibility index (Phi) is 14.8. The molecule has 92 heavy (non-hydrogen) atoms. The third-order valence-corrected chi connectivity index (χ3v) is 20.2. The van der Waals surface area contributed by atoms with E-state index in [1.807, 2.05) is 146 Å². The molecule has 0 saturated heterocycles. The van der Waals surface area contributed by atoms with Crippen LogP contribution in [0.3, 0.4) is 0 Å². The van der Waals surface area contributed by atoms with Crippen molar-refractivity contribution < 1.29 is 0 Å². The third kappa shape index (κ3) is 9.83. The highest BCUT2D eigenvalue weighted by Crippen LogP contribution is 2.65. The highest BCUT2D eigenvalue weighted by molar-refractivity contribution is 7.07.